The minimum absolute atomic E-state index is 0.0465. The zero-order valence-corrected chi connectivity index (χ0v) is 11.7. The largest absolute Gasteiger partial charge is 0.496 e. The van der Waals surface area contributed by atoms with Gasteiger partial charge in [0.1, 0.15) is 17.1 Å². The first kappa shape index (κ1) is 14.3. The predicted molar refractivity (Wildman–Crippen MR) is 74.5 cm³/mol. The number of rotatable bonds is 4. The van der Waals surface area contributed by atoms with E-state index in [1.54, 1.807) is 24.3 Å². The number of carbonyl (C=O) groups excluding carboxylic acids is 1. The summed E-state index contributed by atoms with van der Waals surface area (Å²) < 4.78 is 24.4. The second kappa shape index (κ2) is 5.92. The standard InChI is InChI=1S/C15H12ClFO3/c1-9(18)14-11(19-2)6-4-7-12(14)20-13-8-3-5-10(16)15(13)17/h3-8H,1-2H3. The Kier molecular flexibility index (Phi) is 4.25. The molecule has 0 fully saturated rings. The zero-order chi connectivity index (χ0) is 14.7. The molecule has 0 unspecified atom stereocenters. The summed E-state index contributed by atoms with van der Waals surface area (Å²) in [5.74, 6) is -0.366. The van der Waals surface area contributed by atoms with Crippen molar-refractivity contribution in [2.24, 2.45) is 0 Å². The van der Waals surface area contributed by atoms with E-state index < -0.39 is 5.82 Å². The van der Waals surface area contributed by atoms with Crippen molar-refractivity contribution in [2.75, 3.05) is 7.11 Å². The van der Waals surface area contributed by atoms with Crippen LogP contribution in [0.25, 0.3) is 0 Å². The first-order chi connectivity index (χ1) is 9.54. The minimum Gasteiger partial charge on any atom is -0.496 e. The first-order valence-corrected chi connectivity index (χ1v) is 6.22. The van der Waals surface area contributed by atoms with Crippen LogP contribution in [0.2, 0.25) is 5.02 Å². The molecule has 0 aliphatic rings. The van der Waals surface area contributed by atoms with Crippen LogP contribution in [-0.2, 0) is 0 Å². The molecule has 104 valence electrons. The maximum Gasteiger partial charge on any atom is 0.184 e. The Morgan fingerprint density at radius 3 is 2.35 bits per heavy atom. The van der Waals surface area contributed by atoms with E-state index in [-0.39, 0.29) is 27.9 Å². The summed E-state index contributed by atoms with van der Waals surface area (Å²) in [4.78, 5) is 11.7. The number of ketones is 1. The summed E-state index contributed by atoms with van der Waals surface area (Å²) >= 11 is 5.69. The van der Waals surface area contributed by atoms with E-state index in [1.165, 1.54) is 26.2 Å². The molecule has 3 nitrogen and oxygen atoms in total. The van der Waals surface area contributed by atoms with Gasteiger partial charge >= 0.3 is 0 Å². The van der Waals surface area contributed by atoms with E-state index in [2.05, 4.69) is 0 Å². The highest BCUT2D eigenvalue weighted by molar-refractivity contribution is 6.30. The molecule has 0 aliphatic heterocycles. The molecule has 0 amide bonds. The summed E-state index contributed by atoms with van der Waals surface area (Å²) in [6.45, 7) is 1.39. The van der Waals surface area contributed by atoms with Gasteiger partial charge in [0.05, 0.1) is 12.1 Å². The van der Waals surface area contributed by atoms with Gasteiger partial charge in [-0.1, -0.05) is 23.7 Å². The second-order valence-electron chi connectivity index (χ2n) is 4.04. The maximum absolute atomic E-state index is 13.8. The van der Waals surface area contributed by atoms with E-state index in [0.29, 0.717) is 5.75 Å². The average molecular weight is 295 g/mol. The van der Waals surface area contributed by atoms with Crippen LogP contribution in [0.5, 0.6) is 17.2 Å². The van der Waals surface area contributed by atoms with Crippen LogP contribution in [0.3, 0.4) is 0 Å². The predicted octanol–water partition coefficient (Wildman–Crippen LogP) is 4.48. The highest BCUT2D eigenvalue weighted by Gasteiger charge is 2.17. The highest BCUT2D eigenvalue weighted by atomic mass is 35.5. The van der Waals surface area contributed by atoms with Crippen LogP contribution in [0.4, 0.5) is 4.39 Å². The van der Waals surface area contributed by atoms with Crippen molar-refractivity contribution < 1.29 is 18.7 Å². The number of hydrogen-bond donors (Lipinski definition) is 0. The molecule has 0 heterocycles. The Labute approximate surface area is 120 Å². The summed E-state index contributed by atoms with van der Waals surface area (Å²) in [5, 5.41) is -0.0465. The van der Waals surface area contributed by atoms with Gasteiger partial charge in [0.2, 0.25) is 0 Å². The van der Waals surface area contributed by atoms with E-state index in [4.69, 9.17) is 21.1 Å². The minimum atomic E-state index is -0.675. The molecule has 2 aromatic carbocycles. The van der Waals surface area contributed by atoms with Crippen LogP contribution in [0.1, 0.15) is 17.3 Å². The quantitative estimate of drug-likeness (QED) is 0.780. The van der Waals surface area contributed by atoms with E-state index in [1.807, 2.05) is 0 Å². The summed E-state index contributed by atoms with van der Waals surface area (Å²) in [7, 11) is 1.45. The zero-order valence-electron chi connectivity index (χ0n) is 10.9. The molecule has 0 aromatic heterocycles. The van der Waals surface area contributed by atoms with Crippen molar-refractivity contribution in [1.82, 2.24) is 0 Å². The molecule has 0 aliphatic carbocycles. The molecule has 0 bridgehead atoms. The van der Waals surface area contributed by atoms with Crippen LogP contribution < -0.4 is 9.47 Å². The number of hydrogen-bond acceptors (Lipinski definition) is 3. The Balaban J connectivity index is 2.48. The Morgan fingerprint density at radius 1 is 1.10 bits per heavy atom. The highest BCUT2D eigenvalue weighted by Crippen LogP contribution is 2.34. The topological polar surface area (TPSA) is 35.5 Å². The molecule has 0 saturated heterocycles. The van der Waals surface area contributed by atoms with E-state index >= 15 is 0 Å². The molecule has 0 saturated carbocycles. The first-order valence-electron chi connectivity index (χ1n) is 5.84. The van der Waals surface area contributed by atoms with Crippen molar-refractivity contribution in [2.45, 2.75) is 6.92 Å². The Morgan fingerprint density at radius 2 is 1.70 bits per heavy atom. The SMILES string of the molecule is COc1cccc(Oc2cccc(Cl)c2F)c1C(C)=O. The number of halogens is 2. The molecular weight excluding hydrogens is 283 g/mol. The number of Topliss-reactive ketones (excluding diaryl/α,β-unsaturated/α-hetero) is 1. The van der Waals surface area contributed by atoms with E-state index in [9.17, 15) is 9.18 Å². The maximum atomic E-state index is 13.8. The third-order valence-corrected chi connectivity index (χ3v) is 2.99. The number of methoxy groups -OCH3 is 1. The van der Waals surface area contributed by atoms with Gasteiger partial charge in [-0.3, -0.25) is 4.79 Å². The van der Waals surface area contributed by atoms with Gasteiger partial charge in [-0.25, -0.2) is 4.39 Å². The second-order valence-corrected chi connectivity index (χ2v) is 4.45. The molecule has 0 N–H and O–H groups in total. The Hall–Kier alpha value is -2.07. The summed E-state index contributed by atoms with van der Waals surface area (Å²) in [6.07, 6.45) is 0. The van der Waals surface area contributed by atoms with Crippen LogP contribution >= 0.6 is 11.6 Å². The third-order valence-electron chi connectivity index (χ3n) is 2.70. The number of ether oxygens (including phenoxy) is 2. The lowest BCUT2D eigenvalue weighted by atomic mass is 10.1. The van der Waals surface area contributed by atoms with E-state index in [0.717, 1.165) is 0 Å². The molecule has 2 rings (SSSR count). The molecule has 0 radical (unpaired) electrons. The summed E-state index contributed by atoms with van der Waals surface area (Å²) in [6, 6.07) is 9.28. The molecule has 2 aromatic rings. The molecule has 5 heteroatoms. The molecule has 0 atom stereocenters. The van der Waals surface area contributed by atoms with Gasteiger partial charge in [0, 0.05) is 0 Å². The molecular formula is C15H12ClFO3. The lowest BCUT2D eigenvalue weighted by Crippen LogP contribution is -2.01. The van der Waals surface area contributed by atoms with Gasteiger partial charge in [-0.05, 0) is 31.2 Å². The number of benzene rings is 2. The Bertz CT molecular complexity index is 656. The van der Waals surface area contributed by atoms with Crippen molar-refractivity contribution in [1.29, 1.82) is 0 Å². The van der Waals surface area contributed by atoms with Crippen molar-refractivity contribution >= 4 is 17.4 Å². The van der Waals surface area contributed by atoms with Crippen molar-refractivity contribution in [3.63, 3.8) is 0 Å². The fourth-order valence-corrected chi connectivity index (χ4v) is 1.96. The van der Waals surface area contributed by atoms with Crippen molar-refractivity contribution in [3.05, 3.63) is 52.8 Å². The fourth-order valence-electron chi connectivity index (χ4n) is 1.79. The van der Waals surface area contributed by atoms with Crippen LogP contribution in [0.15, 0.2) is 36.4 Å². The van der Waals surface area contributed by atoms with Gasteiger partial charge in [0.15, 0.2) is 17.3 Å². The normalized spacial score (nSPS) is 10.2. The average Bonchev–Trinajstić information content (AvgIpc) is 2.43. The lowest BCUT2D eigenvalue weighted by Gasteiger charge is -2.13. The van der Waals surface area contributed by atoms with Crippen molar-refractivity contribution in [3.8, 4) is 17.2 Å². The third kappa shape index (κ3) is 2.75. The van der Waals surface area contributed by atoms with Crippen LogP contribution in [0, 0.1) is 5.82 Å². The molecule has 20 heavy (non-hydrogen) atoms. The van der Waals surface area contributed by atoms with Gasteiger partial charge in [-0.15, -0.1) is 0 Å². The van der Waals surface area contributed by atoms with Gasteiger partial charge in [0.25, 0.3) is 0 Å². The van der Waals surface area contributed by atoms with Gasteiger partial charge in [-0.2, -0.15) is 0 Å². The van der Waals surface area contributed by atoms with Crippen LogP contribution in [-0.4, -0.2) is 12.9 Å². The summed E-state index contributed by atoms with van der Waals surface area (Å²) in [5.41, 5.74) is 0.259. The van der Waals surface area contributed by atoms with Gasteiger partial charge < -0.3 is 9.47 Å². The smallest absolute Gasteiger partial charge is 0.184 e. The lowest BCUT2D eigenvalue weighted by molar-refractivity contribution is 0.101. The monoisotopic (exact) mass is 294 g/mol. The number of carbonyl (C=O) groups is 1. The fraction of sp³-hybridized carbons (Fsp3) is 0.133. The molecule has 0 spiro atoms.